The lowest BCUT2D eigenvalue weighted by Crippen LogP contribution is -2.43. The number of hydrazine groups is 1. The fourth-order valence-electron chi connectivity index (χ4n) is 2.91. The first-order valence-electron chi connectivity index (χ1n) is 9.06. The van der Waals surface area contributed by atoms with Crippen LogP contribution in [-0.4, -0.2) is 46.7 Å². The highest BCUT2D eigenvalue weighted by atomic mass is 35.5. The molecule has 1 N–H and O–H groups in total. The van der Waals surface area contributed by atoms with Crippen LogP contribution in [0, 0.1) is 16.0 Å². The van der Waals surface area contributed by atoms with Crippen molar-refractivity contribution in [3.8, 4) is 0 Å². The van der Waals surface area contributed by atoms with Gasteiger partial charge in [-0.15, -0.1) is 0 Å². The van der Waals surface area contributed by atoms with Gasteiger partial charge in [-0.2, -0.15) is 0 Å². The van der Waals surface area contributed by atoms with Gasteiger partial charge in [0.05, 0.1) is 28.0 Å². The second-order valence-corrected chi connectivity index (χ2v) is 7.07. The van der Waals surface area contributed by atoms with Gasteiger partial charge in [0.2, 0.25) is 5.91 Å². The van der Waals surface area contributed by atoms with E-state index in [4.69, 9.17) is 16.3 Å². The molecule has 0 unspecified atom stereocenters. The summed E-state index contributed by atoms with van der Waals surface area (Å²) in [4.78, 5) is 58.8. The Bertz CT molecular complexity index is 1050. The van der Waals surface area contributed by atoms with Crippen LogP contribution in [-0.2, 0) is 14.3 Å². The number of rotatable bonds is 7. The lowest BCUT2D eigenvalue weighted by atomic mass is 10.1. The van der Waals surface area contributed by atoms with Crippen LogP contribution in [0.1, 0.15) is 27.1 Å². The van der Waals surface area contributed by atoms with E-state index in [0.717, 1.165) is 5.01 Å². The average molecular weight is 446 g/mol. The van der Waals surface area contributed by atoms with Crippen molar-refractivity contribution in [1.29, 1.82) is 0 Å². The number of hydrogen-bond donors (Lipinski definition) is 1. The molecule has 1 fully saturated rings. The van der Waals surface area contributed by atoms with Crippen molar-refractivity contribution in [2.75, 3.05) is 13.2 Å². The summed E-state index contributed by atoms with van der Waals surface area (Å²) in [6.07, 6.45) is -0.187. The standard InChI is InChI=1S/C20H16ClN3O7/c21-16-4-2-1-3-15(16)19(27)22-23-10-13(9-18(23)26)20(28)31-11-17(25)12-5-7-14(8-6-12)24(29)30/h1-8,13H,9-11H2,(H,22,27)/t13-/m1/s1. The molecule has 0 spiro atoms. The number of amides is 2. The van der Waals surface area contributed by atoms with Crippen molar-refractivity contribution >= 4 is 40.9 Å². The molecule has 0 radical (unpaired) electrons. The number of esters is 1. The molecule has 1 aliphatic heterocycles. The largest absolute Gasteiger partial charge is 0.457 e. The van der Waals surface area contributed by atoms with Crippen LogP contribution in [0.25, 0.3) is 0 Å². The van der Waals surface area contributed by atoms with Crippen molar-refractivity contribution in [2.24, 2.45) is 5.92 Å². The van der Waals surface area contributed by atoms with E-state index in [9.17, 15) is 29.3 Å². The number of ether oxygens (including phenoxy) is 1. The van der Waals surface area contributed by atoms with Crippen molar-refractivity contribution in [3.63, 3.8) is 0 Å². The zero-order valence-corrected chi connectivity index (χ0v) is 16.7. The number of non-ortho nitro benzene ring substituents is 1. The van der Waals surface area contributed by atoms with Crippen molar-refractivity contribution in [3.05, 3.63) is 74.8 Å². The lowest BCUT2D eigenvalue weighted by molar-refractivity contribution is -0.384. The van der Waals surface area contributed by atoms with Gasteiger partial charge in [-0.25, -0.2) is 0 Å². The fraction of sp³-hybridized carbons (Fsp3) is 0.200. The monoisotopic (exact) mass is 445 g/mol. The van der Waals surface area contributed by atoms with E-state index in [1.807, 2.05) is 0 Å². The number of Topliss-reactive ketones (excluding diaryl/α,β-unsaturated/α-hetero) is 1. The molecular weight excluding hydrogens is 430 g/mol. The number of carbonyl (C=O) groups excluding carboxylic acids is 4. The summed E-state index contributed by atoms with van der Waals surface area (Å²) in [5.74, 6) is -3.25. The molecule has 1 saturated heterocycles. The molecule has 1 aliphatic rings. The first-order valence-corrected chi connectivity index (χ1v) is 9.44. The Labute approximate surface area is 180 Å². The van der Waals surface area contributed by atoms with Gasteiger partial charge in [-0.3, -0.25) is 39.7 Å². The predicted molar refractivity (Wildman–Crippen MR) is 107 cm³/mol. The van der Waals surface area contributed by atoms with Gasteiger partial charge in [0.15, 0.2) is 12.4 Å². The van der Waals surface area contributed by atoms with Crippen molar-refractivity contribution in [1.82, 2.24) is 10.4 Å². The summed E-state index contributed by atoms with van der Waals surface area (Å²) in [5, 5.41) is 11.9. The Balaban J connectivity index is 1.53. The van der Waals surface area contributed by atoms with E-state index in [2.05, 4.69) is 5.43 Å². The SMILES string of the molecule is O=C(COC(=O)[C@@H]1CC(=O)N(NC(=O)c2ccccc2Cl)C1)c1ccc([N+](=O)[O-])cc1. The second-order valence-electron chi connectivity index (χ2n) is 6.66. The Morgan fingerprint density at radius 2 is 1.84 bits per heavy atom. The third kappa shape index (κ3) is 5.23. The molecule has 0 aliphatic carbocycles. The van der Waals surface area contributed by atoms with Gasteiger partial charge in [0.1, 0.15) is 0 Å². The van der Waals surface area contributed by atoms with Crippen LogP contribution in [0.2, 0.25) is 5.02 Å². The molecule has 2 amide bonds. The number of carbonyl (C=O) groups is 4. The zero-order chi connectivity index (χ0) is 22.5. The van der Waals surface area contributed by atoms with Crippen LogP contribution >= 0.6 is 11.6 Å². The summed E-state index contributed by atoms with van der Waals surface area (Å²) in [6.45, 7) is -0.688. The number of nitro benzene ring substituents is 1. The van der Waals surface area contributed by atoms with Crippen molar-refractivity contribution in [2.45, 2.75) is 6.42 Å². The number of nitrogens with one attached hydrogen (secondary N) is 1. The maximum absolute atomic E-state index is 12.3. The van der Waals surface area contributed by atoms with Gasteiger partial charge < -0.3 is 4.74 Å². The molecule has 0 saturated carbocycles. The molecule has 2 aromatic carbocycles. The quantitative estimate of drug-likeness (QED) is 0.298. The molecular formula is C20H16ClN3O7. The van der Waals surface area contributed by atoms with E-state index in [0.29, 0.717) is 0 Å². The third-order valence-corrected chi connectivity index (χ3v) is 4.89. The van der Waals surface area contributed by atoms with Crippen LogP contribution in [0.3, 0.4) is 0 Å². The van der Waals surface area contributed by atoms with Crippen LogP contribution in [0.5, 0.6) is 0 Å². The summed E-state index contributed by atoms with van der Waals surface area (Å²) in [6, 6.07) is 11.2. The van der Waals surface area contributed by atoms with E-state index >= 15 is 0 Å². The van der Waals surface area contributed by atoms with Crippen molar-refractivity contribution < 1.29 is 28.8 Å². The van der Waals surface area contributed by atoms with Gasteiger partial charge in [0, 0.05) is 24.1 Å². The number of nitrogens with zero attached hydrogens (tertiary/aromatic N) is 2. The molecule has 10 nitrogen and oxygen atoms in total. The number of hydrogen-bond acceptors (Lipinski definition) is 7. The van der Waals surface area contributed by atoms with E-state index in [1.165, 1.54) is 36.4 Å². The first-order chi connectivity index (χ1) is 14.8. The summed E-state index contributed by atoms with van der Waals surface area (Å²) < 4.78 is 4.99. The minimum atomic E-state index is -0.858. The van der Waals surface area contributed by atoms with Gasteiger partial charge in [-0.1, -0.05) is 23.7 Å². The smallest absolute Gasteiger partial charge is 0.311 e. The van der Waals surface area contributed by atoms with Gasteiger partial charge >= 0.3 is 5.97 Å². The Kier molecular flexibility index (Phi) is 6.61. The highest BCUT2D eigenvalue weighted by Gasteiger charge is 2.37. The molecule has 31 heavy (non-hydrogen) atoms. The molecule has 2 aromatic rings. The fourth-order valence-corrected chi connectivity index (χ4v) is 3.13. The number of benzene rings is 2. The number of halogens is 1. The van der Waals surface area contributed by atoms with Crippen LogP contribution < -0.4 is 5.43 Å². The van der Waals surface area contributed by atoms with E-state index in [1.54, 1.807) is 12.1 Å². The topological polar surface area (TPSA) is 136 Å². The molecule has 0 aromatic heterocycles. The average Bonchev–Trinajstić information content (AvgIpc) is 3.12. The highest BCUT2D eigenvalue weighted by Crippen LogP contribution is 2.20. The molecule has 11 heteroatoms. The summed E-state index contributed by atoms with van der Waals surface area (Å²) in [7, 11) is 0. The summed E-state index contributed by atoms with van der Waals surface area (Å²) in [5.41, 5.74) is 2.56. The number of nitro groups is 1. The van der Waals surface area contributed by atoms with E-state index < -0.39 is 41.0 Å². The highest BCUT2D eigenvalue weighted by molar-refractivity contribution is 6.33. The minimum absolute atomic E-state index is 0.112. The van der Waals surface area contributed by atoms with Crippen LogP contribution in [0.4, 0.5) is 5.69 Å². The first kappa shape index (κ1) is 21.9. The van der Waals surface area contributed by atoms with Gasteiger partial charge in [-0.05, 0) is 24.3 Å². The zero-order valence-electron chi connectivity index (χ0n) is 15.9. The molecule has 1 heterocycles. The molecule has 3 rings (SSSR count). The van der Waals surface area contributed by atoms with Crippen LogP contribution in [0.15, 0.2) is 48.5 Å². The molecule has 160 valence electrons. The summed E-state index contributed by atoms with van der Waals surface area (Å²) >= 11 is 5.96. The Morgan fingerprint density at radius 1 is 1.16 bits per heavy atom. The van der Waals surface area contributed by atoms with E-state index in [-0.39, 0.29) is 34.8 Å². The maximum atomic E-state index is 12.3. The third-order valence-electron chi connectivity index (χ3n) is 4.56. The second kappa shape index (κ2) is 9.35. The maximum Gasteiger partial charge on any atom is 0.311 e. The minimum Gasteiger partial charge on any atom is -0.457 e. The van der Waals surface area contributed by atoms with Gasteiger partial charge in [0.25, 0.3) is 11.6 Å². The predicted octanol–water partition coefficient (Wildman–Crippen LogP) is 2.17. The Hall–Kier alpha value is -3.79. The Morgan fingerprint density at radius 3 is 2.48 bits per heavy atom. The normalized spacial score (nSPS) is 15.5. The molecule has 0 bridgehead atoms. The lowest BCUT2D eigenvalue weighted by Gasteiger charge is -2.18. The number of ketones is 1. The molecule has 1 atom stereocenters.